The Balaban J connectivity index is 2.70. The van der Waals surface area contributed by atoms with Crippen molar-refractivity contribution in [3.8, 4) is 5.75 Å². The van der Waals surface area contributed by atoms with Crippen LogP contribution in [0.3, 0.4) is 0 Å². The standard InChI is InChI=1S/C16H26N2O3/c1-12-6-7-14(15(11-12)21-10-9-20-3)18-16(19)13(2)5-4-8-17/h6-7,11,13H,4-5,8-10,17H2,1-3H3,(H,18,19). The maximum Gasteiger partial charge on any atom is 0.227 e. The average molecular weight is 294 g/mol. The molecular weight excluding hydrogens is 268 g/mol. The lowest BCUT2D eigenvalue weighted by molar-refractivity contribution is -0.119. The van der Waals surface area contributed by atoms with Crippen molar-refractivity contribution in [2.45, 2.75) is 26.7 Å². The fourth-order valence-corrected chi connectivity index (χ4v) is 1.90. The lowest BCUT2D eigenvalue weighted by Crippen LogP contribution is -2.21. The van der Waals surface area contributed by atoms with Gasteiger partial charge in [0, 0.05) is 13.0 Å². The van der Waals surface area contributed by atoms with Crippen molar-refractivity contribution in [3.63, 3.8) is 0 Å². The molecule has 0 fully saturated rings. The van der Waals surface area contributed by atoms with Crippen LogP contribution in [0.15, 0.2) is 18.2 Å². The number of carbonyl (C=O) groups is 1. The van der Waals surface area contributed by atoms with E-state index in [0.717, 1.165) is 18.4 Å². The molecule has 0 aliphatic carbocycles. The molecule has 0 bridgehead atoms. The first-order valence-corrected chi connectivity index (χ1v) is 7.31. The normalized spacial score (nSPS) is 12.0. The van der Waals surface area contributed by atoms with Gasteiger partial charge in [0.25, 0.3) is 0 Å². The van der Waals surface area contributed by atoms with Gasteiger partial charge in [-0.05, 0) is 44.0 Å². The summed E-state index contributed by atoms with van der Waals surface area (Å²) in [6.07, 6.45) is 1.63. The number of hydrogen-bond donors (Lipinski definition) is 2. The number of aryl methyl sites for hydroxylation is 1. The molecule has 3 N–H and O–H groups in total. The number of methoxy groups -OCH3 is 1. The molecule has 0 aromatic heterocycles. The van der Waals surface area contributed by atoms with Crippen molar-refractivity contribution in [1.29, 1.82) is 0 Å². The van der Waals surface area contributed by atoms with E-state index < -0.39 is 0 Å². The number of rotatable bonds is 9. The number of hydrogen-bond acceptors (Lipinski definition) is 4. The van der Waals surface area contributed by atoms with Crippen molar-refractivity contribution in [1.82, 2.24) is 0 Å². The smallest absolute Gasteiger partial charge is 0.227 e. The highest BCUT2D eigenvalue weighted by Crippen LogP contribution is 2.26. The van der Waals surface area contributed by atoms with Crippen LogP contribution >= 0.6 is 0 Å². The average Bonchev–Trinajstić information content (AvgIpc) is 2.47. The van der Waals surface area contributed by atoms with Crippen molar-refractivity contribution < 1.29 is 14.3 Å². The summed E-state index contributed by atoms with van der Waals surface area (Å²) < 4.78 is 10.6. The Kier molecular flexibility index (Phi) is 7.79. The molecule has 0 aliphatic heterocycles. The van der Waals surface area contributed by atoms with Crippen molar-refractivity contribution in [2.24, 2.45) is 11.7 Å². The third-order valence-electron chi connectivity index (χ3n) is 3.23. The summed E-state index contributed by atoms with van der Waals surface area (Å²) in [6.45, 7) is 5.45. The van der Waals surface area contributed by atoms with Crippen LogP contribution in [0.4, 0.5) is 5.69 Å². The highest BCUT2D eigenvalue weighted by Gasteiger charge is 2.14. The lowest BCUT2D eigenvalue weighted by Gasteiger charge is -2.16. The number of anilines is 1. The van der Waals surface area contributed by atoms with Crippen LogP contribution in [0.1, 0.15) is 25.3 Å². The molecule has 0 heterocycles. The van der Waals surface area contributed by atoms with E-state index in [0.29, 0.717) is 31.2 Å². The van der Waals surface area contributed by atoms with Crippen LogP contribution in [0.25, 0.3) is 0 Å². The Morgan fingerprint density at radius 2 is 2.14 bits per heavy atom. The fraction of sp³-hybridized carbons (Fsp3) is 0.562. The maximum atomic E-state index is 12.2. The highest BCUT2D eigenvalue weighted by atomic mass is 16.5. The molecule has 118 valence electrons. The maximum absolute atomic E-state index is 12.2. The largest absolute Gasteiger partial charge is 0.489 e. The second-order valence-corrected chi connectivity index (χ2v) is 5.16. The zero-order valence-corrected chi connectivity index (χ0v) is 13.1. The predicted molar refractivity (Wildman–Crippen MR) is 84.6 cm³/mol. The Labute approximate surface area is 126 Å². The van der Waals surface area contributed by atoms with Crippen LogP contribution in [0, 0.1) is 12.8 Å². The lowest BCUT2D eigenvalue weighted by atomic mass is 10.0. The Morgan fingerprint density at radius 1 is 1.38 bits per heavy atom. The third kappa shape index (κ3) is 6.14. The SMILES string of the molecule is COCCOc1cc(C)ccc1NC(=O)C(C)CCCN. The Bertz CT molecular complexity index is 449. The van der Waals surface area contributed by atoms with E-state index in [1.54, 1.807) is 7.11 Å². The monoisotopic (exact) mass is 294 g/mol. The molecule has 1 unspecified atom stereocenters. The first kappa shape index (κ1) is 17.5. The first-order valence-electron chi connectivity index (χ1n) is 7.31. The van der Waals surface area contributed by atoms with Gasteiger partial charge in [-0.25, -0.2) is 0 Å². The number of benzene rings is 1. The summed E-state index contributed by atoms with van der Waals surface area (Å²) >= 11 is 0. The fourth-order valence-electron chi connectivity index (χ4n) is 1.90. The predicted octanol–water partition coefficient (Wildman–Crippen LogP) is 2.33. The molecule has 1 amide bonds. The molecule has 5 heteroatoms. The van der Waals surface area contributed by atoms with Gasteiger partial charge in [0.1, 0.15) is 12.4 Å². The summed E-state index contributed by atoms with van der Waals surface area (Å²) in [5, 5.41) is 2.93. The molecule has 0 spiro atoms. The van der Waals surface area contributed by atoms with Gasteiger partial charge < -0.3 is 20.5 Å². The van der Waals surface area contributed by atoms with E-state index in [-0.39, 0.29) is 11.8 Å². The molecule has 1 atom stereocenters. The van der Waals surface area contributed by atoms with Crippen LogP contribution in [-0.4, -0.2) is 32.8 Å². The highest BCUT2D eigenvalue weighted by molar-refractivity contribution is 5.93. The minimum absolute atomic E-state index is 0.0103. The molecule has 0 radical (unpaired) electrons. The zero-order valence-electron chi connectivity index (χ0n) is 13.1. The first-order chi connectivity index (χ1) is 10.1. The Hall–Kier alpha value is -1.59. The number of amides is 1. The van der Waals surface area contributed by atoms with Gasteiger partial charge in [-0.2, -0.15) is 0 Å². The van der Waals surface area contributed by atoms with Crippen molar-refractivity contribution in [2.75, 3.05) is 32.2 Å². The third-order valence-corrected chi connectivity index (χ3v) is 3.23. The van der Waals surface area contributed by atoms with Gasteiger partial charge >= 0.3 is 0 Å². The van der Waals surface area contributed by atoms with Gasteiger partial charge in [0.05, 0.1) is 12.3 Å². The second kappa shape index (κ2) is 9.37. The van der Waals surface area contributed by atoms with Crippen LogP contribution in [0.5, 0.6) is 5.75 Å². The molecule has 1 aromatic rings. The summed E-state index contributed by atoms with van der Waals surface area (Å²) in [4.78, 5) is 12.2. The summed E-state index contributed by atoms with van der Waals surface area (Å²) in [6, 6.07) is 5.73. The molecule has 0 saturated carbocycles. The summed E-state index contributed by atoms with van der Waals surface area (Å²) in [5.74, 6) is 0.594. The van der Waals surface area contributed by atoms with Crippen LogP contribution in [0.2, 0.25) is 0 Å². The van der Waals surface area contributed by atoms with Gasteiger partial charge in [-0.1, -0.05) is 13.0 Å². The molecule has 5 nitrogen and oxygen atoms in total. The van der Waals surface area contributed by atoms with E-state index in [9.17, 15) is 4.79 Å². The van der Waals surface area contributed by atoms with E-state index >= 15 is 0 Å². The number of nitrogens with one attached hydrogen (secondary N) is 1. The van der Waals surface area contributed by atoms with Gasteiger partial charge in [-0.3, -0.25) is 4.79 Å². The van der Waals surface area contributed by atoms with Crippen LogP contribution < -0.4 is 15.8 Å². The molecule has 0 aliphatic rings. The van der Waals surface area contributed by atoms with Gasteiger partial charge in [0.15, 0.2) is 0 Å². The van der Waals surface area contributed by atoms with E-state index in [4.69, 9.17) is 15.2 Å². The summed E-state index contributed by atoms with van der Waals surface area (Å²) in [5.41, 5.74) is 7.25. The van der Waals surface area contributed by atoms with Gasteiger partial charge in [0.2, 0.25) is 5.91 Å². The molecule has 21 heavy (non-hydrogen) atoms. The molecular formula is C16H26N2O3. The quantitative estimate of drug-likeness (QED) is 0.686. The van der Waals surface area contributed by atoms with Gasteiger partial charge in [-0.15, -0.1) is 0 Å². The second-order valence-electron chi connectivity index (χ2n) is 5.16. The zero-order chi connectivity index (χ0) is 15.7. The minimum Gasteiger partial charge on any atom is -0.489 e. The van der Waals surface area contributed by atoms with Crippen molar-refractivity contribution in [3.05, 3.63) is 23.8 Å². The number of carbonyl (C=O) groups excluding carboxylic acids is 1. The molecule has 0 saturated heterocycles. The number of nitrogens with two attached hydrogens (primary N) is 1. The van der Waals surface area contributed by atoms with Crippen LogP contribution in [-0.2, 0) is 9.53 Å². The van der Waals surface area contributed by atoms with Crippen molar-refractivity contribution >= 4 is 11.6 Å². The van der Waals surface area contributed by atoms with E-state index in [1.165, 1.54) is 0 Å². The summed E-state index contributed by atoms with van der Waals surface area (Å²) in [7, 11) is 1.63. The number of ether oxygens (including phenoxy) is 2. The topological polar surface area (TPSA) is 73.6 Å². The van der Waals surface area contributed by atoms with E-state index in [1.807, 2.05) is 32.0 Å². The molecule has 1 rings (SSSR count). The molecule has 1 aromatic carbocycles. The van der Waals surface area contributed by atoms with E-state index in [2.05, 4.69) is 5.32 Å². The minimum atomic E-state index is -0.0679. The Morgan fingerprint density at radius 3 is 2.81 bits per heavy atom.